The van der Waals surface area contributed by atoms with E-state index in [1.807, 2.05) is 24.3 Å². The quantitative estimate of drug-likeness (QED) is 0.569. The van der Waals surface area contributed by atoms with Gasteiger partial charge in [-0.1, -0.05) is 17.3 Å². The molecule has 0 spiro atoms. The molecule has 0 fully saturated rings. The molecule has 126 valence electrons. The van der Waals surface area contributed by atoms with Gasteiger partial charge in [-0.3, -0.25) is 0 Å². The van der Waals surface area contributed by atoms with E-state index in [0.29, 0.717) is 17.2 Å². The maximum Gasteiger partial charge on any atom is 0.331 e. The molecule has 0 amide bonds. The van der Waals surface area contributed by atoms with E-state index >= 15 is 0 Å². The van der Waals surface area contributed by atoms with Gasteiger partial charge < -0.3 is 18.7 Å². The van der Waals surface area contributed by atoms with Crippen LogP contribution in [0, 0.1) is 0 Å². The Labute approximate surface area is 138 Å². The molecule has 0 saturated carbocycles. The van der Waals surface area contributed by atoms with Crippen LogP contribution in [0.1, 0.15) is 12.7 Å². The van der Waals surface area contributed by atoms with Crippen LogP contribution in [0.4, 0.5) is 0 Å². The number of aromatic nitrogens is 1. The summed E-state index contributed by atoms with van der Waals surface area (Å²) in [6.45, 7) is 1.81. The lowest BCUT2D eigenvalue weighted by atomic mass is 10.1. The Morgan fingerprint density at radius 2 is 1.88 bits per heavy atom. The number of carbonyl (C=O) groups is 2. The van der Waals surface area contributed by atoms with Crippen LogP contribution in [-0.2, 0) is 25.7 Å². The molecule has 0 aliphatic heterocycles. The predicted molar refractivity (Wildman–Crippen MR) is 84.1 cm³/mol. The summed E-state index contributed by atoms with van der Waals surface area (Å²) in [6.07, 6.45) is 2.00. The molecule has 0 saturated heterocycles. The first kappa shape index (κ1) is 17.3. The minimum absolute atomic E-state index is 0.103. The number of rotatable bonds is 7. The molecule has 2 aromatic rings. The lowest BCUT2D eigenvalue weighted by Crippen LogP contribution is -2.04. The summed E-state index contributed by atoms with van der Waals surface area (Å²) in [6, 6.07) is 9.01. The summed E-state index contributed by atoms with van der Waals surface area (Å²) in [5.74, 6) is -0.258. The molecule has 0 atom stereocenters. The molecule has 0 unspecified atom stereocenters. The van der Waals surface area contributed by atoms with Crippen molar-refractivity contribution in [2.45, 2.75) is 13.5 Å². The second kappa shape index (κ2) is 8.52. The van der Waals surface area contributed by atoms with Gasteiger partial charge in [-0.15, -0.1) is 0 Å². The first-order valence-corrected chi connectivity index (χ1v) is 7.24. The van der Waals surface area contributed by atoms with Crippen molar-refractivity contribution < 1.29 is 28.3 Å². The second-order valence-corrected chi connectivity index (χ2v) is 4.57. The van der Waals surface area contributed by atoms with Gasteiger partial charge in [0.05, 0.1) is 13.7 Å². The normalized spacial score (nSPS) is 10.6. The molecular formula is C17H17NO6. The zero-order valence-electron chi connectivity index (χ0n) is 13.4. The van der Waals surface area contributed by atoms with Gasteiger partial charge in [-0.2, -0.15) is 0 Å². The van der Waals surface area contributed by atoms with Crippen LogP contribution in [0.25, 0.3) is 11.3 Å². The maximum absolute atomic E-state index is 11.5. The molecule has 2 rings (SSSR count). The average molecular weight is 331 g/mol. The third-order valence-electron chi connectivity index (χ3n) is 2.94. The number of carbonyl (C=O) groups excluding carboxylic acids is 2. The molecule has 0 N–H and O–H groups in total. The van der Waals surface area contributed by atoms with Crippen molar-refractivity contribution in [1.29, 1.82) is 0 Å². The molecule has 24 heavy (non-hydrogen) atoms. The van der Waals surface area contributed by atoms with Crippen molar-refractivity contribution in [2.75, 3.05) is 13.7 Å². The van der Waals surface area contributed by atoms with Crippen LogP contribution in [0.15, 0.2) is 47.0 Å². The van der Waals surface area contributed by atoms with E-state index in [4.69, 9.17) is 14.0 Å². The van der Waals surface area contributed by atoms with Crippen molar-refractivity contribution in [2.24, 2.45) is 0 Å². The Morgan fingerprint density at radius 3 is 2.58 bits per heavy atom. The van der Waals surface area contributed by atoms with Crippen LogP contribution >= 0.6 is 0 Å². The predicted octanol–water partition coefficient (Wildman–Crippen LogP) is 2.51. The van der Waals surface area contributed by atoms with Crippen LogP contribution in [0.2, 0.25) is 0 Å². The van der Waals surface area contributed by atoms with Crippen molar-refractivity contribution in [3.63, 3.8) is 0 Å². The Morgan fingerprint density at radius 1 is 1.17 bits per heavy atom. The van der Waals surface area contributed by atoms with Gasteiger partial charge >= 0.3 is 11.9 Å². The van der Waals surface area contributed by atoms with E-state index in [9.17, 15) is 9.59 Å². The lowest BCUT2D eigenvalue weighted by molar-refractivity contribution is -0.141. The highest BCUT2D eigenvalue weighted by atomic mass is 16.6. The summed E-state index contributed by atoms with van der Waals surface area (Å²) in [4.78, 5) is 22.6. The van der Waals surface area contributed by atoms with Crippen LogP contribution in [0.3, 0.4) is 0 Å². The largest absolute Gasteiger partial charge is 0.496 e. The fourth-order valence-corrected chi connectivity index (χ4v) is 1.88. The third kappa shape index (κ3) is 4.70. The molecule has 7 nitrogen and oxygen atoms in total. The monoisotopic (exact) mass is 331 g/mol. The number of para-hydroxylation sites is 1. The smallest absolute Gasteiger partial charge is 0.331 e. The molecule has 0 aliphatic rings. The number of hydrogen-bond donors (Lipinski definition) is 0. The number of nitrogens with zero attached hydrogens (tertiary/aromatic N) is 1. The van der Waals surface area contributed by atoms with Gasteiger partial charge in [0.2, 0.25) is 0 Å². The Kier molecular flexibility index (Phi) is 6.13. The second-order valence-electron chi connectivity index (χ2n) is 4.57. The molecule has 0 aliphatic carbocycles. The lowest BCUT2D eigenvalue weighted by Gasteiger charge is -2.03. The number of hydrogen-bond acceptors (Lipinski definition) is 7. The first-order valence-electron chi connectivity index (χ1n) is 7.24. The van der Waals surface area contributed by atoms with Crippen molar-refractivity contribution in [3.05, 3.63) is 48.2 Å². The fraction of sp³-hybridized carbons (Fsp3) is 0.235. The Bertz CT molecular complexity index is 734. The molecule has 0 bridgehead atoms. The van der Waals surface area contributed by atoms with Gasteiger partial charge in [0, 0.05) is 23.8 Å². The van der Waals surface area contributed by atoms with Crippen molar-refractivity contribution >= 4 is 11.9 Å². The number of methoxy groups -OCH3 is 1. The van der Waals surface area contributed by atoms with Gasteiger partial charge in [0.1, 0.15) is 11.4 Å². The SMILES string of the molecule is CCOC(=O)C=CC(=O)OCc1cc(-c2ccccc2OC)no1. The first-order chi connectivity index (χ1) is 11.6. The highest BCUT2D eigenvalue weighted by molar-refractivity contribution is 5.91. The zero-order chi connectivity index (χ0) is 17.4. The Balaban J connectivity index is 1.95. The van der Waals surface area contributed by atoms with E-state index in [1.54, 1.807) is 20.1 Å². The topological polar surface area (TPSA) is 87.9 Å². The highest BCUT2D eigenvalue weighted by Gasteiger charge is 2.12. The zero-order valence-corrected chi connectivity index (χ0v) is 13.4. The van der Waals surface area contributed by atoms with Gasteiger partial charge in [-0.25, -0.2) is 9.59 Å². The summed E-state index contributed by atoms with van der Waals surface area (Å²) < 4.78 is 20.0. The van der Waals surface area contributed by atoms with Gasteiger partial charge in [0.15, 0.2) is 12.4 Å². The number of ether oxygens (including phenoxy) is 3. The molecule has 1 heterocycles. The summed E-state index contributed by atoms with van der Waals surface area (Å²) >= 11 is 0. The molecule has 1 aromatic heterocycles. The maximum atomic E-state index is 11.5. The van der Waals surface area contributed by atoms with Gasteiger partial charge in [0.25, 0.3) is 0 Å². The Hall–Kier alpha value is -3.09. The van der Waals surface area contributed by atoms with Gasteiger partial charge in [-0.05, 0) is 19.1 Å². The van der Waals surface area contributed by atoms with E-state index in [0.717, 1.165) is 17.7 Å². The minimum Gasteiger partial charge on any atom is -0.496 e. The summed E-state index contributed by atoms with van der Waals surface area (Å²) in [7, 11) is 1.57. The average Bonchev–Trinajstić information content (AvgIpc) is 3.07. The number of esters is 2. The molecular weight excluding hydrogens is 314 g/mol. The van der Waals surface area contributed by atoms with Crippen LogP contribution in [-0.4, -0.2) is 30.8 Å². The fourth-order valence-electron chi connectivity index (χ4n) is 1.88. The molecule has 1 aromatic carbocycles. The standard InChI is InChI=1S/C17H17NO6/c1-3-22-16(19)8-9-17(20)23-11-12-10-14(18-24-12)13-6-4-5-7-15(13)21-2/h4-10H,3,11H2,1-2H3. The van der Waals surface area contributed by atoms with Crippen LogP contribution < -0.4 is 4.74 Å². The summed E-state index contributed by atoms with van der Waals surface area (Å²) in [5.41, 5.74) is 1.34. The van der Waals surface area contributed by atoms with E-state index < -0.39 is 11.9 Å². The van der Waals surface area contributed by atoms with E-state index in [2.05, 4.69) is 9.89 Å². The van der Waals surface area contributed by atoms with E-state index in [1.165, 1.54) is 0 Å². The minimum atomic E-state index is -0.682. The molecule has 7 heteroatoms. The number of benzene rings is 1. The van der Waals surface area contributed by atoms with E-state index in [-0.39, 0.29) is 13.2 Å². The summed E-state index contributed by atoms with van der Waals surface area (Å²) in [5, 5.41) is 3.93. The highest BCUT2D eigenvalue weighted by Crippen LogP contribution is 2.29. The van der Waals surface area contributed by atoms with Crippen LogP contribution in [0.5, 0.6) is 5.75 Å². The van der Waals surface area contributed by atoms with Crippen molar-refractivity contribution in [3.8, 4) is 17.0 Å². The molecule has 0 radical (unpaired) electrons. The third-order valence-corrected chi connectivity index (χ3v) is 2.94. The van der Waals surface area contributed by atoms with Crippen molar-refractivity contribution in [1.82, 2.24) is 5.16 Å².